The second kappa shape index (κ2) is 10.6. The number of hydrogen-bond acceptors (Lipinski definition) is 9. The number of hydrogen-bond donors (Lipinski definition) is 2. The Morgan fingerprint density at radius 2 is 1.97 bits per heavy atom. The number of carbonyl (C=O) groups excluding carboxylic acids is 1. The van der Waals surface area contributed by atoms with Crippen molar-refractivity contribution in [2.75, 3.05) is 43.5 Å². The predicted molar refractivity (Wildman–Crippen MR) is 152 cm³/mol. The maximum Gasteiger partial charge on any atom is 0.275 e. The van der Waals surface area contributed by atoms with Gasteiger partial charge in [-0.25, -0.2) is 9.67 Å². The fourth-order valence-corrected chi connectivity index (χ4v) is 5.28. The van der Waals surface area contributed by atoms with E-state index in [0.717, 1.165) is 41.0 Å². The monoisotopic (exact) mass is 549 g/mol. The van der Waals surface area contributed by atoms with Crippen LogP contribution < -0.4 is 10.6 Å². The van der Waals surface area contributed by atoms with E-state index in [9.17, 15) is 4.79 Å². The molecule has 1 amide bonds. The van der Waals surface area contributed by atoms with Gasteiger partial charge in [-0.15, -0.1) is 0 Å². The van der Waals surface area contributed by atoms with E-state index >= 15 is 0 Å². The Kier molecular flexibility index (Phi) is 7.00. The van der Waals surface area contributed by atoms with Crippen LogP contribution in [0.15, 0.2) is 34.9 Å². The quantitative estimate of drug-likeness (QED) is 0.215. The summed E-state index contributed by atoms with van der Waals surface area (Å²) in [6.07, 6.45) is 3.88. The summed E-state index contributed by atoms with van der Waals surface area (Å²) in [4.78, 5) is 24.5. The van der Waals surface area contributed by atoms with E-state index in [2.05, 4.69) is 40.2 Å². The van der Waals surface area contributed by atoms with Crippen molar-refractivity contribution in [2.24, 2.45) is 0 Å². The second-order valence-corrected chi connectivity index (χ2v) is 17.0. The highest BCUT2D eigenvalue weighted by molar-refractivity contribution is 6.76. The summed E-state index contributed by atoms with van der Waals surface area (Å²) in [5.74, 6) is 1.07. The lowest BCUT2D eigenvalue weighted by Gasteiger charge is -2.26. The van der Waals surface area contributed by atoms with E-state index in [-0.39, 0.29) is 12.6 Å². The summed E-state index contributed by atoms with van der Waals surface area (Å²) in [5, 5.41) is 12.3. The van der Waals surface area contributed by atoms with Crippen molar-refractivity contribution in [3.8, 4) is 0 Å². The molecule has 3 aromatic heterocycles. The van der Waals surface area contributed by atoms with Crippen LogP contribution in [0.4, 0.5) is 17.5 Å². The zero-order chi connectivity index (χ0) is 27.0. The Morgan fingerprint density at radius 3 is 2.74 bits per heavy atom. The second-order valence-electron chi connectivity index (χ2n) is 11.4. The van der Waals surface area contributed by atoms with Crippen LogP contribution in [0.1, 0.15) is 23.3 Å². The van der Waals surface area contributed by atoms with Crippen molar-refractivity contribution in [3.63, 3.8) is 0 Å². The minimum absolute atomic E-state index is 0.0885. The maximum atomic E-state index is 13.4. The van der Waals surface area contributed by atoms with Gasteiger partial charge in [0.05, 0.1) is 25.0 Å². The zero-order valence-corrected chi connectivity index (χ0v) is 23.7. The molecule has 39 heavy (non-hydrogen) atoms. The maximum absolute atomic E-state index is 13.4. The van der Waals surface area contributed by atoms with Gasteiger partial charge in [0.15, 0.2) is 17.1 Å². The van der Waals surface area contributed by atoms with Gasteiger partial charge >= 0.3 is 0 Å². The predicted octanol–water partition coefficient (Wildman–Crippen LogP) is 4.68. The molecule has 4 aromatic rings. The summed E-state index contributed by atoms with van der Waals surface area (Å²) in [7, 11) is -1.23. The zero-order valence-electron chi connectivity index (χ0n) is 22.7. The van der Waals surface area contributed by atoms with Crippen molar-refractivity contribution in [1.29, 1.82) is 0 Å². The minimum Gasteiger partial charge on any atom is -0.459 e. The fraction of sp³-hybridized carbons (Fsp3) is 0.481. The Morgan fingerprint density at radius 1 is 1.15 bits per heavy atom. The molecule has 1 aromatic carbocycles. The number of furan rings is 1. The molecule has 0 radical (unpaired) electrons. The summed E-state index contributed by atoms with van der Waals surface area (Å²) in [5.41, 5.74) is 3.42. The number of anilines is 3. The van der Waals surface area contributed by atoms with Crippen LogP contribution in [0.3, 0.4) is 0 Å². The first kappa shape index (κ1) is 25.8. The number of amides is 1. The van der Waals surface area contributed by atoms with Crippen molar-refractivity contribution in [1.82, 2.24) is 24.6 Å². The molecule has 11 nitrogen and oxygen atoms in total. The van der Waals surface area contributed by atoms with Crippen LogP contribution in [-0.2, 0) is 16.2 Å². The van der Waals surface area contributed by atoms with Crippen LogP contribution in [0.25, 0.3) is 22.0 Å². The lowest BCUT2D eigenvalue weighted by atomic mass is 10.1. The van der Waals surface area contributed by atoms with Crippen molar-refractivity contribution in [3.05, 3.63) is 36.2 Å². The van der Waals surface area contributed by atoms with Gasteiger partial charge in [0.2, 0.25) is 5.95 Å². The van der Waals surface area contributed by atoms with Gasteiger partial charge in [-0.1, -0.05) is 19.6 Å². The SMILES string of the molecule is C[Si](C)(C)CCOCn1nc(C(=O)N2CCOCC2)c2ccc(Nc3nc(NC4CC4)c4occc4n3)cc21. The van der Waals surface area contributed by atoms with Gasteiger partial charge in [0.25, 0.3) is 5.91 Å². The highest BCUT2D eigenvalue weighted by Crippen LogP contribution is 2.31. The van der Waals surface area contributed by atoms with Gasteiger partial charge in [0.1, 0.15) is 12.2 Å². The summed E-state index contributed by atoms with van der Waals surface area (Å²) >= 11 is 0. The Hall–Kier alpha value is -3.48. The molecule has 1 saturated carbocycles. The number of ether oxygens (including phenoxy) is 2. The summed E-state index contributed by atoms with van der Waals surface area (Å²) < 4.78 is 18.8. The smallest absolute Gasteiger partial charge is 0.275 e. The number of nitrogens with zero attached hydrogens (tertiary/aromatic N) is 5. The Bertz CT molecular complexity index is 1480. The topological polar surface area (TPSA) is 120 Å². The van der Waals surface area contributed by atoms with Gasteiger partial charge in [-0.2, -0.15) is 10.1 Å². The van der Waals surface area contributed by atoms with E-state index in [4.69, 9.17) is 19.0 Å². The Labute approximate surface area is 227 Å². The molecular weight excluding hydrogens is 514 g/mol. The average Bonchev–Trinajstić information content (AvgIpc) is 3.47. The molecule has 4 heterocycles. The molecule has 0 bridgehead atoms. The number of nitrogens with one attached hydrogen (secondary N) is 2. The van der Waals surface area contributed by atoms with E-state index < -0.39 is 8.07 Å². The average molecular weight is 550 g/mol. The standard InChI is InChI=1S/C27H35N7O4Si/c1-39(2,3)15-14-37-17-34-22-16-19(6-7-20(22)23(32-34)26(35)33-9-12-36-13-10-33)29-27-30-21-8-11-38-24(21)25(31-27)28-18-4-5-18/h6-8,11,16,18H,4-5,9-10,12-15,17H2,1-3H3,(H2,28,29,30,31). The van der Waals surface area contributed by atoms with Crippen molar-refractivity contribution >= 4 is 53.4 Å². The highest BCUT2D eigenvalue weighted by atomic mass is 28.3. The summed E-state index contributed by atoms with van der Waals surface area (Å²) in [6, 6.07) is 9.14. The van der Waals surface area contributed by atoms with Crippen LogP contribution >= 0.6 is 0 Å². The van der Waals surface area contributed by atoms with Gasteiger partial charge in [-0.3, -0.25) is 4.79 Å². The van der Waals surface area contributed by atoms with E-state index in [1.165, 1.54) is 0 Å². The number of fused-ring (bicyclic) bond motifs is 2. The van der Waals surface area contributed by atoms with E-state index in [1.54, 1.807) is 15.8 Å². The molecule has 1 saturated heterocycles. The number of aromatic nitrogens is 4. The normalized spacial score (nSPS) is 16.2. The lowest BCUT2D eigenvalue weighted by Crippen LogP contribution is -2.41. The van der Waals surface area contributed by atoms with Crippen LogP contribution in [0, 0.1) is 0 Å². The first-order valence-electron chi connectivity index (χ1n) is 13.6. The molecule has 12 heteroatoms. The molecule has 1 aliphatic heterocycles. The molecule has 2 fully saturated rings. The highest BCUT2D eigenvalue weighted by Gasteiger charge is 2.26. The Balaban J connectivity index is 1.30. The number of rotatable bonds is 10. The number of carbonyl (C=O) groups is 1. The minimum atomic E-state index is -1.23. The lowest BCUT2D eigenvalue weighted by molar-refractivity contribution is 0.0297. The van der Waals surface area contributed by atoms with E-state index in [1.807, 2.05) is 24.3 Å². The fourth-order valence-electron chi connectivity index (χ4n) is 4.52. The molecule has 0 spiro atoms. The van der Waals surface area contributed by atoms with Gasteiger partial charge < -0.3 is 29.4 Å². The van der Waals surface area contributed by atoms with Crippen LogP contribution in [0.5, 0.6) is 0 Å². The third-order valence-electron chi connectivity index (χ3n) is 6.94. The molecular formula is C27H35N7O4Si. The largest absolute Gasteiger partial charge is 0.459 e. The van der Waals surface area contributed by atoms with Crippen LogP contribution in [-0.4, -0.2) is 77.6 Å². The molecule has 0 unspecified atom stereocenters. The first-order chi connectivity index (χ1) is 18.8. The first-order valence-corrected chi connectivity index (χ1v) is 17.3. The van der Waals surface area contributed by atoms with Gasteiger partial charge in [-0.05, 0) is 37.1 Å². The molecule has 2 aliphatic rings. The molecule has 2 N–H and O–H groups in total. The summed E-state index contributed by atoms with van der Waals surface area (Å²) in [6.45, 7) is 10.1. The molecule has 206 valence electrons. The van der Waals surface area contributed by atoms with E-state index in [0.29, 0.717) is 62.0 Å². The number of morpholine rings is 1. The van der Waals surface area contributed by atoms with Gasteiger partial charge in [0, 0.05) is 51.0 Å². The van der Waals surface area contributed by atoms with Crippen molar-refractivity contribution < 1.29 is 18.7 Å². The molecule has 1 aliphatic carbocycles. The van der Waals surface area contributed by atoms with Crippen molar-refractivity contribution in [2.45, 2.75) is 51.3 Å². The van der Waals surface area contributed by atoms with Crippen LogP contribution in [0.2, 0.25) is 25.7 Å². The third-order valence-corrected chi connectivity index (χ3v) is 8.64. The molecule has 6 rings (SSSR count). The number of benzene rings is 1. The molecule has 0 atom stereocenters. The third kappa shape index (κ3) is 5.92.